The Morgan fingerprint density at radius 3 is 2.53 bits per heavy atom. The lowest BCUT2D eigenvalue weighted by Crippen LogP contribution is -2.38. The van der Waals surface area contributed by atoms with E-state index in [1.165, 1.54) is 11.1 Å². The first-order valence-electron chi connectivity index (χ1n) is 10.3. The van der Waals surface area contributed by atoms with E-state index in [4.69, 9.17) is 9.72 Å². The second-order valence-electron chi connectivity index (χ2n) is 7.51. The SMILES string of the molecule is O=C(c1cnc(N2CCOCC2)nc1-c1ccncc1)N1CCc2ccccc2C1. The van der Waals surface area contributed by atoms with E-state index in [1.54, 1.807) is 18.6 Å². The predicted molar refractivity (Wildman–Crippen MR) is 113 cm³/mol. The number of morpholine rings is 1. The van der Waals surface area contributed by atoms with E-state index in [2.05, 4.69) is 33.1 Å². The molecule has 0 atom stereocenters. The number of ether oxygens (including phenoxy) is 1. The van der Waals surface area contributed by atoms with Crippen LogP contribution in [-0.2, 0) is 17.7 Å². The Bertz CT molecular complexity index is 1050. The van der Waals surface area contributed by atoms with Crippen LogP contribution in [0.2, 0.25) is 0 Å². The number of amides is 1. The number of benzene rings is 1. The molecular weight excluding hydrogens is 378 g/mol. The largest absolute Gasteiger partial charge is 0.378 e. The minimum absolute atomic E-state index is 0.0372. The van der Waals surface area contributed by atoms with Gasteiger partial charge in [-0.25, -0.2) is 9.97 Å². The fourth-order valence-corrected chi connectivity index (χ4v) is 4.01. The second kappa shape index (κ2) is 8.20. The Kier molecular flexibility index (Phi) is 5.11. The molecule has 1 amide bonds. The Morgan fingerprint density at radius 1 is 0.967 bits per heavy atom. The molecule has 0 N–H and O–H groups in total. The summed E-state index contributed by atoms with van der Waals surface area (Å²) in [6.07, 6.45) is 5.98. The van der Waals surface area contributed by atoms with Crippen molar-refractivity contribution in [1.82, 2.24) is 19.9 Å². The molecular formula is C23H23N5O2. The maximum absolute atomic E-state index is 13.5. The van der Waals surface area contributed by atoms with E-state index in [0.29, 0.717) is 43.5 Å². The number of pyridine rings is 1. The fourth-order valence-electron chi connectivity index (χ4n) is 4.01. The third-order valence-corrected chi connectivity index (χ3v) is 5.67. The van der Waals surface area contributed by atoms with Gasteiger partial charge in [-0.15, -0.1) is 0 Å². The molecule has 152 valence electrons. The Morgan fingerprint density at radius 2 is 1.73 bits per heavy atom. The van der Waals surface area contributed by atoms with Crippen molar-refractivity contribution in [1.29, 1.82) is 0 Å². The van der Waals surface area contributed by atoms with E-state index in [9.17, 15) is 4.79 Å². The van der Waals surface area contributed by atoms with Gasteiger partial charge in [-0.3, -0.25) is 9.78 Å². The maximum atomic E-state index is 13.5. The Hall–Kier alpha value is -3.32. The number of fused-ring (bicyclic) bond motifs is 1. The van der Waals surface area contributed by atoms with Gasteiger partial charge in [0, 0.05) is 50.3 Å². The summed E-state index contributed by atoms with van der Waals surface area (Å²) in [5, 5.41) is 0. The molecule has 2 aromatic heterocycles. The van der Waals surface area contributed by atoms with Gasteiger partial charge in [0.05, 0.1) is 24.5 Å². The molecule has 0 spiro atoms. The van der Waals surface area contributed by atoms with Crippen molar-refractivity contribution >= 4 is 11.9 Å². The third-order valence-electron chi connectivity index (χ3n) is 5.67. The molecule has 2 aliphatic rings. The standard InChI is InChI=1S/C23H23N5O2/c29-22(28-10-7-17-3-1-2-4-19(17)16-28)20-15-25-23(27-11-13-30-14-12-27)26-21(20)18-5-8-24-9-6-18/h1-6,8-9,15H,7,10-14,16H2. The predicted octanol–water partition coefficient (Wildman–Crippen LogP) is 2.57. The summed E-state index contributed by atoms with van der Waals surface area (Å²) in [7, 11) is 0. The third kappa shape index (κ3) is 3.64. The molecule has 2 aliphatic heterocycles. The Labute approximate surface area is 175 Å². The number of hydrogen-bond acceptors (Lipinski definition) is 6. The number of hydrogen-bond donors (Lipinski definition) is 0. The first-order valence-corrected chi connectivity index (χ1v) is 10.3. The van der Waals surface area contributed by atoms with Crippen LogP contribution < -0.4 is 4.90 Å². The van der Waals surface area contributed by atoms with Crippen molar-refractivity contribution in [3.8, 4) is 11.3 Å². The lowest BCUT2D eigenvalue weighted by Gasteiger charge is -2.30. The van der Waals surface area contributed by atoms with Crippen molar-refractivity contribution in [3.05, 3.63) is 71.7 Å². The molecule has 0 unspecified atom stereocenters. The molecule has 0 bridgehead atoms. The molecule has 1 fully saturated rings. The van der Waals surface area contributed by atoms with Crippen molar-refractivity contribution < 1.29 is 9.53 Å². The van der Waals surface area contributed by atoms with Crippen LogP contribution in [0.3, 0.4) is 0 Å². The van der Waals surface area contributed by atoms with Crippen molar-refractivity contribution in [2.45, 2.75) is 13.0 Å². The summed E-state index contributed by atoms with van der Waals surface area (Å²) < 4.78 is 5.44. The van der Waals surface area contributed by atoms with Gasteiger partial charge in [-0.2, -0.15) is 0 Å². The van der Waals surface area contributed by atoms with Gasteiger partial charge >= 0.3 is 0 Å². The van der Waals surface area contributed by atoms with Crippen LogP contribution in [-0.4, -0.2) is 58.6 Å². The highest BCUT2D eigenvalue weighted by atomic mass is 16.5. The van der Waals surface area contributed by atoms with E-state index < -0.39 is 0 Å². The first kappa shape index (κ1) is 18.7. The van der Waals surface area contributed by atoms with Crippen LogP contribution in [0.1, 0.15) is 21.5 Å². The van der Waals surface area contributed by atoms with Crippen LogP contribution in [0, 0.1) is 0 Å². The second-order valence-corrected chi connectivity index (χ2v) is 7.51. The number of nitrogens with zero attached hydrogens (tertiary/aromatic N) is 5. The molecule has 30 heavy (non-hydrogen) atoms. The molecule has 7 heteroatoms. The number of carbonyl (C=O) groups excluding carboxylic acids is 1. The smallest absolute Gasteiger partial charge is 0.257 e. The summed E-state index contributed by atoms with van der Waals surface area (Å²) in [5.41, 5.74) is 4.56. The fraction of sp³-hybridized carbons (Fsp3) is 0.304. The minimum atomic E-state index is -0.0372. The zero-order valence-corrected chi connectivity index (χ0v) is 16.7. The molecule has 0 aliphatic carbocycles. The zero-order valence-electron chi connectivity index (χ0n) is 16.7. The molecule has 1 aromatic carbocycles. The van der Waals surface area contributed by atoms with Crippen LogP contribution >= 0.6 is 0 Å². The van der Waals surface area contributed by atoms with Crippen molar-refractivity contribution in [3.63, 3.8) is 0 Å². The highest BCUT2D eigenvalue weighted by molar-refractivity contribution is 6.00. The van der Waals surface area contributed by atoms with Crippen LogP contribution in [0.4, 0.5) is 5.95 Å². The minimum Gasteiger partial charge on any atom is -0.378 e. The van der Waals surface area contributed by atoms with Gasteiger partial charge in [-0.05, 0) is 29.7 Å². The summed E-state index contributed by atoms with van der Waals surface area (Å²) in [6.45, 7) is 4.09. The normalized spacial score (nSPS) is 16.3. The maximum Gasteiger partial charge on any atom is 0.257 e. The lowest BCUT2D eigenvalue weighted by molar-refractivity contribution is 0.0734. The van der Waals surface area contributed by atoms with Gasteiger partial charge < -0.3 is 14.5 Å². The monoisotopic (exact) mass is 401 g/mol. The van der Waals surface area contributed by atoms with Crippen molar-refractivity contribution in [2.75, 3.05) is 37.7 Å². The summed E-state index contributed by atoms with van der Waals surface area (Å²) in [6, 6.07) is 12.1. The van der Waals surface area contributed by atoms with E-state index in [0.717, 1.165) is 25.1 Å². The van der Waals surface area contributed by atoms with Gasteiger partial charge in [0.2, 0.25) is 5.95 Å². The average Bonchev–Trinajstić information content (AvgIpc) is 2.84. The van der Waals surface area contributed by atoms with E-state index in [1.807, 2.05) is 23.1 Å². The highest BCUT2D eigenvalue weighted by Gasteiger charge is 2.26. The lowest BCUT2D eigenvalue weighted by atomic mass is 9.99. The summed E-state index contributed by atoms with van der Waals surface area (Å²) in [5.74, 6) is 0.593. The van der Waals surface area contributed by atoms with Crippen molar-refractivity contribution in [2.24, 2.45) is 0 Å². The number of carbonyl (C=O) groups is 1. The van der Waals surface area contributed by atoms with E-state index in [-0.39, 0.29) is 5.91 Å². The topological polar surface area (TPSA) is 71.5 Å². The molecule has 5 rings (SSSR count). The summed E-state index contributed by atoms with van der Waals surface area (Å²) >= 11 is 0. The first-order chi connectivity index (χ1) is 14.8. The van der Waals surface area contributed by atoms with Gasteiger partial charge in [0.15, 0.2) is 0 Å². The van der Waals surface area contributed by atoms with E-state index >= 15 is 0 Å². The molecule has 7 nitrogen and oxygen atoms in total. The average molecular weight is 401 g/mol. The highest BCUT2D eigenvalue weighted by Crippen LogP contribution is 2.27. The molecule has 1 saturated heterocycles. The Balaban J connectivity index is 1.50. The van der Waals surface area contributed by atoms with Crippen LogP contribution in [0.15, 0.2) is 55.0 Å². The van der Waals surface area contributed by atoms with Gasteiger partial charge in [-0.1, -0.05) is 24.3 Å². The zero-order chi connectivity index (χ0) is 20.3. The number of aromatic nitrogens is 3. The quantitative estimate of drug-likeness (QED) is 0.672. The molecule has 4 heterocycles. The van der Waals surface area contributed by atoms with Gasteiger partial charge in [0.1, 0.15) is 0 Å². The van der Waals surface area contributed by atoms with Crippen LogP contribution in [0.5, 0.6) is 0 Å². The number of rotatable bonds is 3. The summed E-state index contributed by atoms with van der Waals surface area (Å²) in [4.78, 5) is 30.9. The molecule has 0 saturated carbocycles. The molecule has 3 aromatic rings. The van der Waals surface area contributed by atoms with Gasteiger partial charge in [0.25, 0.3) is 5.91 Å². The molecule has 0 radical (unpaired) electrons. The van der Waals surface area contributed by atoms with Crippen LogP contribution in [0.25, 0.3) is 11.3 Å². The number of anilines is 1.